The zero-order valence-electron chi connectivity index (χ0n) is 14.1. The van der Waals surface area contributed by atoms with Crippen LogP contribution in [-0.4, -0.2) is 33.9 Å². The van der Waals surface area contributed by atoms with Crippen LogP contribution >= 0.6 is 0 Å². The van der Waals surface area contributed by atoms with E-state index in [0.29, 0.717) is 17.3 Å². The maximum absolute atomic E-state index is 11.4. The third-order valence-corrected chi connectivity index (χ3v) is 4.45. The van der Waals surface area contributed by atoms with Crippen LogP contribution in [0.1, 0.15) is 18.1 Å². The molecule has 0 heterocycles. The summed E-state index contributed by atoms with van der Waals surface area (Å²) in [5, 5.41) is 0. The summed E-state index contributed by atoms with van der Waals surface area (Å²) in [7, 11) is -3.18. The molecule has 2 rings (SSSR count). The van der Waals surface area contributed by atoms with E-state index in [1.807, 2.05) is 24.3 Å². The molecule has 6 heteroatoms. The number of sulfone groups is 1. The number of esters is 1. The van der Waals surface area contributed by atoms with E-state index < -0.39 is 15.8 Å². The highest BCUT2D eigenvalue weighted by Gasteiger charge is 2.05. The normalized spacial score (nSPS) is 11.4. The Kier molecular flexibility index (Phi) is 6.36. The highest BCUT2D eigenvalue weighted by atomic mass is 32.2. The number of benzene rings is 2. The number of hydrogen-bond donors (Lipinski definition) is 0. The average Bonchev–Trinajstić information content (AvgIpc) is 2.59. The molecule has 132 valence electrons. The molecule has 0 bridgehead atoms. The molecule has 0 saturated carbocycles. The lowest BCUT2D eigenvalue weighted by molar-refractivity contribution is -0.145. The van der Waals surface area contributed by atoms with Gasteiger partial charge >= 0.3 is 5.97 Å². The van der Waals surface area contributed by atoms with Crippen molar-refractivity contribution >= 4 is 28.0 Å². The zero-order chi connectivity index (χ0) is 18.3. The van der Waals surface area contributed by atoms with Crippen LogP contribution in [0, 0.1) is 0 Å². The van der Waals surface area contributed by atoms with Gasteiger partial charge in [0.2, 0.25) is 0 Å². The fourth-order valence-electron chi connectivity index (χ4n) is 2.04. The summed E-state index contributed by atoms with van der Waals surface area (Å²) in [6, 6.07) is 13.9. The number of ether oxygens (including phenoxy) is 2. The van der Waals surface area contributed by atoms with Crippen LogP contribution < -0.4 is 4.74 Å². The van der Waals surface area contributed by atoms with Crippen LogP contribution in [0.5, 0.6) is 5.75 Å². The minimum Gasteiger partial charge on any atom is -0.482 e. The Morgan fingerprint density at radius 1 is 0.960 bits per heavy atom. The Labute approximate surface area is 147 Å². The minimum absolute atomic E-state index is 0.115. The molecular formula is C19H20O5S. The van der Waals surface area contributed by atoms with E-state index in [2.05, 4.69) is 0 Å². The van der Waals surface area contributed by atoms with E-state index in [-0.39, 0.29) is 6.61 Å². The Hall–Kier alpha value is -2.60. The fraction of sp³-hybridized carbons (Fsp3) is 0.211. The van der Waals surface area contributed by atoms with E-state index in [4.69, 9.17) is 9.47 Å². The van der Waals surface area contributed by atoms with Gasteiger partial charge in [0.15, 0.2) is 16.4 Å². The predicted molar refractivity (Wildman–Crippen MR) is 97.0 cm³/mol. The summed E-state index contributed by atoms with van der Waals surface area (Å²) < 4.78 is 33.0. The van der Waals surface area contributed by atoms with Gasteiger partial charge in [-0.1, -0.05) is 36.4 Å². The second-order valence-corrected chi connectivity index (χ2v) is 7.35. The van der Waals surface area contributed by atoms with Gasteiger partial charge in [-0.3, -0.25) is 0 Å². The van der Waals surface area contributed by atoms with Crippen molar-refractivity contribution in [3.05, 3.63) is 59.7 Å². The van der Waals surface area contributed by atoms with Crippen molar-refractivity contribution in [3.63, 3.8) is 0 Å². The molecule has 0 aliphatic heterocycles. The highest BCUT2D eigenvalue weighted by molar-refractivity contribution is 7.90. The third kappa shape index (κ3) is 6.08. The van der Waals surface area contributed by atoms with Crippen molar-refractivity contribution in [2.45, 2.75) is 11.8 Å². The van der Waals surface area contributed by atoms with Crippen molar-refractivity contribution in [2.75, 3.05) is 19.5 Å². The second-order valence-electron chi connectivity index (χ2n) is 5.34. The highest BCUT2D eigenvalue weighted by Crippen LogP contribution is 2.16. The summed E-state index contributed by atoms with van der Waals surface area (Å²) in [5.41, 5.74) is 1.85. The lowest BCUT2D eigenvalue weighted by Gasteiger charge is -2.05. The molecule has 0 amide bonds. The summed E-state index contributed by atoms with van der Waals surface area (Å²) >= 11 is 0. The predicted octanol–water partition coefficient (Wildman–Crippen LogP) is 3.20. The van der Waals surface area contributed by atoms with Gasteiger partial charge in [-0.2, -0.15) is 0 Å². The van der Waals surface area contributed by atoms with Crippen molar-refractivity contribution in [2.24, 2.45) is 0 Å². The van der Waals surface area contributed by atoms with Gasteiger partial charge in [-0.05, 0) is 42.3 Å². The van der Waals surface area contributed by atoms with Crippen molar-refractivity contribution in [3.8, 4) is 5.75 Å². The molecule has 0 aliphatic rings. The Bertz CT molecular complexity index is 834. The number of hydrogen-bond acceptors (Lipinski definition) is 5. The van der Waals surface area contributed by atoms with Gasteiger partial charge in [-0.15, -0.1) is 0 Å². The SMILES string of the molecule is CCOC(=O)COc1ccc(C=Cc2ccc(S(C)(=O)=O)cc2)cc1. The first kappa shape index (κ1) is 18.7. The maximum Gasteiger partial charge on any atom is 0.344 e. The molecule has 0 unspecified atom stereocenters. The summed E-state index contributed by atoms with van der Waals surface area (Å²) in [5.74, 6) is 0.187. The number of carbonyl (C=O) groups excluding carboxylic acids is 1. The Morgan fingerprint density at radius 2 is 1.48 bits per heavy atom. The molecule has 0 spiro atoms. The molecular weight excluding hydrogens is 340 g/mol. The van der Waals surface area contributed by atoms with E-state index in [1.54, 1.807) is 43.3 Å². The fourth-order valence-corrected chi connectivity index (χ4v) is 2.67. The zero-order valence-corrected chi connectivity index (χ0v) is 15.0. The standard InChI is InChI=1S/C19H20O5S/c1-3-23-19(20)14-24-17-10-6-15(7-11-17)4-5-16-8-12-18(13-9-16)25(2,21)22/h4-13H,3,14H2,1-2H3. The number of rotatable bonds is 7. The van der Waals surface area contributed by atoms with Crippen LogP contribution in [0.25, 0.3) is 12.2 Å². The van der Waals surface area contributed by atoms with Gasteiger partial charge in [0.25, 0.3) is 0 Å². The monoisotopic (exact) mass is 360 g/mol. The van der Waals surface area contributed by atoms with Gasteiger partial charge in [0.1, 0.15) is 5.75 Å². The first-order valence-electron chi connectivity index (χ1n) is 7.75. The quantitative estimate of drug-likeness (QED) is 0.560. The summed E-state index contributed by atoms with van der Waals surface area (Å²) in [6.45, 7) is 1.96. The van der Waals surface area contributed by atoms with Gasteiger partial charge in [0.05, 0.1) is 11.5 Å². The van der Waals surface area contributed by atoms with Gasteiger partial charge < -0.3 is 9.47 Å². The molecule has 0 atom stereocenters. The molecule has 0 aliphatic carbocycles. The van der Waals surface area contributed by atoms with Crippen LogP contribution in [-0.2, 0) is 19.4 Å². The molecule has 2 aromatic carbocycles. The Morgan fingerprint density at radius 3 is 1.96 bits per heavy atom. The smallest absolute Gasteiger partial charge is 0.344 e. The first-order chi connectivity index (χ1) is 11.9. The van der Waals surface area contributed by atoms with E-state index in [1.165, 1.54) is 6.26 Å². The van der Waals surface area contributed by atoms with Crippen molar-refractivity contribution < 1.29 is 22.7 Å². The van der Waals surface area contributed by atoms with Crippen LogP contribution in [0.15, 0.2) is 53.4 Å². The molecule has 0 aromatic heterocycles. The number of carbonyl (C=O) groups is 1. The average molecular weight is 360 g/mol. The lowest BCUT2D eigenvalue weighted by Crippen LogP contribution is -2.14. The third-order valence-electron chi connectivity index (χ3n) is 3.32. The lowest BCUT2D eigenvalue weighted by atomic mass is 10.1. The second kappa shape index (κ2) is 8.48. The van der Waals surface area contributed by atoms with Crippen LogP contribution in [0.3, 0.4) is 0 Å². The Balaban J connectivity index is 1.96. The van der Waals surface area contributed by atoms with Gasteiger partial charge in [0, 0.05) is 6.26 Å². The van der Waals surface area contributed by atoms with E-state index in [0.717, 1.165) is 11.1 Å². The van der Waals surface area contributed by atoms with Crippen molar-refractivity contribution in [1.29, 1.82) is 0 Å². The largest absolute Gasteiger partial charge is 0.482 e. The molecule has 25 heavy (non-hydrogen) atoms. The molecule has 0 fully saturated rings. The van der Waals surface area contributed by atoms with E-state index in [9.17, 15) is 13.2 Å². The maximum atomic E-state index is 11.4. The molecule has 0 radical (unpaired) electrons. The van der Waals surface area contributed by atoms with Crippen LogP contribution in [0.4, 0.5) is 0 Å². The van der Waals surface area contributed by atoms with Gasteiger partial charge in [-0.25, -0.2) is 13.2 Å². The minimum atomic E-state index is -3.18. The van der Waals surface area contributed by atoms with Crippen LogP contribution in [0.2, 0.25) is 0 Å². The molecule has 0 saturated heterocycles. The van der Waals surface area contributed by atoms with Crippen molar-refractivity contribution in [1.82, 2.24) is 0 Å². The first-order valence-corrected chi connectivity index (χ1v) is 9.64. The molecule has 0 N–H and O–H groups in total. The summed E-state index contributed by atoms with van der Waals surface area (Å²) in [4.78, 5) is 11.5. The topological polar surface area (TPSA) is 69.7 Å². The molecule has 5 nitrogen and oxygen atoms in total. The van der Waals surface area contributed by atoms with E-state index >= 15 is 0 Å². The summed E-state index contributed by atoms with van der Waals surface area (Å²) in [6.07, 6.45) is 4.98. The molecule has 2 aromatic rings.